The quantitative estimate of drug-likeness (QED) is 0.766. The summed E-state index contributed by atoms with van der Waals surface area (Å²) in [6, 6.07) is 5.96. The number of hydrogen-bond donors (Lipinski definition) is 0. The average Bonchev–Trinajstić information content (AvgIpc) is 2.41. The molecule has 1 aliphatic rings. The maximum Gasteiger partial charge on any atom is 0.254 e. The van der Waals surface area contributed by atoms with E-state index in [4.69, 9.17) is 4.74 Å². The number of carbonyl (C=O) groups excluding carboxylic acids is 1. The Bertz CT molecular complexity index is 395. The maximum absolute atomic E-state index is 12.2. The smallest absolute Gasteiger partial charge is 0.254 e. The van der Waals surface area contributed by atoms with E-state index in [2.05, 4.69) is 0 Å². The van der Waals surface area contributed by atoms with Crippen LogP contribution >= 0.6 is 0 Å². The van der Waals surface area contributed by atoms with Gasteiger partial charge in [0.25, 0.3) is 5.91 Å². The number of aryl methyl sites for hydroxylation is 2. The fourth-order valence-electron chi connectivity index (χ4n) is 1.99. The molecule has 0 saturated carbocycles. The molecule has 0 aromatic heterocycles. The lowest BCUT2D eigenvalue weighted by atomic mass is 10.0. The Morgan fingerprint density at radius 1 is 1.17 bits per heavy atom. The van der Waals surface area contributed by atoms with Crippen molar-refractivity contribution >= 4 is 5.91 Å². The highest BCUT2D eigenvalue weighted by Gasteiger charge is 2.19. The number of nitrogens with zero attached hydrogens (tertiary/aromatic N) is 1. The molecule has 1 heterocycles. The fraction of sp³-hybridized carbons (Fsp3) is 0.533. The summed E-state index contributed by atoms with van der Waals surface area (Å²) < 4.78 is 5.24. The van der Waals surface area contributed by atoms with Gasteiger partial charge in [-0.25, -0.2) is 0 Å². The maximum atomic E-state index is 12.2. The Labute approximate surface area is 110 Å². The normalized spacial score (nSPS) is 14.8. The second kappa shape index (κ2) is 7.17. The number of benzene rings is 1. The lowest BCUT2D eigenvalue weighted by Crippen LogP contribution is -2.40. The Morgan fingerprint density at radius 3 is 2.33 bits per heavy atom. The third kappa shape index (κ3) is 3.57. The first-order chi connectivity index (χ1) is 8.68. The van der Waals surface area contributed by atoms with Gasteiger partial charge in [-0.15, -0.1) is 0 Å². The van der Waals surface area contributed by atoms with E-state index < -0.39 is 0 Å². The van der Waals surface area contributed by atoms with Crippen molar-refractivity contribution in [1.82, 2.24) is 4.90 Å². The molecular formula is C15H23NO2. The molecule has 100 valence electrons. The molecule has 3 heteroatoms. The van der Waals surface area contributed by atoms with Crippen molar-refractivity contribution in [2.75, 3.05) is 26.3 Å². The highest BCUT2D eigenvalue weighted by Crippen LogP contribution is 2.14. The van der Waals surface area contributed by atoms with Gasteiger partial charge in [-0.05, 0) is 25.5 Å². The van der Waals surface area contributed by atoms with Gasteiger partial charge < -0.3 is 9.64 Å². The molecule has 2 rings (SSSR count). The first kappa shape index (κ1) is 14.7. The van der Waals surface area contributed by atoms with Gasteiger partial charge in [-0.3, -0.25) is 4.79 Å². The van der Waals surface area contributed by atoms with Crippen LogP contribution in [0.5, 0.6) is 0 Å². The van der Waals surface area contributed by atoms with Gasteiger partial charge in [0.15, 0.2) is 0 Å². The van der Waals surface area contributed by atoms with Crippen molar-refractivity contribution in [3.63, 3.8) is 0 Å². The second-order valence-electron chi connectivity index (χ2n) is 4.22. The number of hydrogen-bond acceptors (Lipinski definition) is 2. The Balaban J connectivity index is 0.000000771. The fourth-order valence-corrected chi connectivity index (χ4v) is 1.99. The molecule has 0 spiro atoms. The summed E-state index contributed by atoms with van der Waals surface area (Å²) in [5.74, 6) is 0.126. The molecule has 0 atom stereocenters. The number of morpholine rings is 1. The van der Waals surface area contributed by atoms with Crippen LogP contribution in [0.1, 0.15) is 35.3 Å². The molecule has 1 aromatic rings. The number of ether oxygens (including phenoxy) is 1. The molecule has 0 aliphatic carbocycles. The molecule has 1 aromatic carbocycles. The summed E-state index contributed by atoms with van der Waals surface area (Å²) in [4.78, 5) is 14.1. The molecule has 18 heavy (non-hydrogen) atoms. The Hall–Kier alpha value is -1.35. The first-order valence-corrected chi connectivity index (χ1v) is 6.63. The van der Waals surface area contributed by atoms with E-state index in [1.165, 1.54) is 5.56 Å². The molecule has 0 radical (unpaired) electrons. The van der Waals surface area contributed by atoms with Gasteiger partial charge in [0.1, 0.15) is 0 Å². The van der Waals surface area contributed by atoms with Crippen molar-refractivity contribution in [3.05, 3.63) is 34.9 Å². The van der Waals surface area contributed by atoms with Crippen LogP contribution in [0.2, 0.25) is 0 Å². The van der Waals surface area contributed by atoms with Crippen LogP contribution in [0.15, 0.2) is 18.2 Å². The van der Waals surface area contributed by atoms with Crippen LogP contribution in [-0.2, 0) is 4.74 Å². The zero-order valence-electron chi connectivity index (χ0n) is 11.8. The summed E-state index contributed by atoms with van der Waals surface area (Å²) >= 11 is 0. The standard InChI is InChI=1S/C13H17NO2.C2H6/c1-10-3-4-12(11(2)9-10)13(15)14-5-7-16-8-6-14;1-2/h3-4,9H,5-8H2,1-2H3;1-2H3. The highest BCUT2D eigenvalue weighted by molar-refractivity contribution is 5.95. The van der Waals surface area contributed by atoms with E-state index in [0.717, 1.165) is 11.1 Å². The monoisotopic (exact) mass is 249 g/mol. The van der Waals surface area contributed by atoms with Crippen molar-refractivity contribution in [1.29, 1.82) is 0 Å². The molecule has 0 unspecified atom stereocenters. The third-order valence-corrected chi connectivity index (χ3v) is 2.91. The molecule has 1 aliphatic heterocycles. The minimum Gasteiger partial charge on any atom is -0.378 e. The highest BCUT2D eigenvalue weighted by atomic mass is 16.5. The predicted octanol–water partition coefficient (Wildman–Crippen LogP) is 2.80. The lowest BCUT2D eigenvalue weighted by molar-refractivity contribution is 0.0302. The third-order valence-electron chi connectivity index (χ3n) is 2.91. The van der Waals surface area contributed by atoms with Crippen LogP contribution in [0.25, 0.3) is 0 Å². The largest absolute Gasteiger partial charge is 0.378 e. The predicted molar refractivity (Wildman–Crippen MR) is 74.0 cm³/mol. The van der Waals surface area contributed by atoms with Crippen LogP contribution in [0.3, 0.4) is 0 Å². The van der Waals surface area contributed by atoms with E-state index in [-0.39, 0.29) is 5.91 Å². The molecule has 0 N–H and O–H groups in total. The van der Waals surface area contributed by atoms with Gasteiger partial charge in [0.2, 0.25) is 0 Å². The van der Waals surface area contributed by atoms with Crippen molar-refractivity contribution < 1.29 is 9.53 Å². The number of carbonyl (C=O) groups is 1. The minimum atomic E-state index is 0.126. The van der Waals surface area contributed by atoms with Gasteiger partial charge in [0.05, 0.1) is 13.2 Å². The average molecular weight is 249 g/mol. The molecule has 1 saturated heterocycles. The molecule has 1 amide bonds. The molecule has 3 nitrogen and oxygen atoms in total. The molecule has 0 bridgehead atoms. The molecular weight excluding hydrogens is 226 g/mol. The van der Waals surface area contributed by atoms with Crippen molar-refractivity contribution in [2.45, 2.75) is 27.7 Å². The number of amides is 1. The van der Waals surface area contributed by atoms with Gasteiger partial charge in [0, 0.05) is 18.7 Å². The minimum absolute atomic E-state index is 0.126. The van der Waals surface area contributed by atoms with Crippen molar-refractivity contribution in [3.8, 4) is 0 Å². The van der Waals surface area contributed by atoms with Crippen LogP contribution in [-0.4, -0.2) is 37.1 Å². The van der Waals surface area contributed by atoms with Crippen molar-refractivity contribution in [2.24, 2.45) is 0 Å². The summed E-state index contributed by atoms with van der Waals surface area (Å²) in [6.45, 7) is 10.7. The van der Waals surface area contributed by atoms with E-state index in [0.29, 0.717) is 26.3 Å². The van der Waals surface area contributed by atoms with Crippen LogP contribution in [0.4, 0.5) is 0 Å². The summed E-state index contributed by atoms with van der Waals surface area (Å²) in [6.07, 6.45) is 0. The summed E-state index contributed by atoms with van der Waals surface area (Å²) in [5, 5.41) is 0. The van der Waals surface area contributed by atoms with E-state index in [1.807, 2.05) is 50.8 Å². The zero-order valence-corrected chi connectivity index (χ0v) is 11.8. The molecule has 1 fully saturated rings. The first-order valence-electron chi connectivity index (χ1n) is 6.63. The SMILES string of the molecule is CC.Cc1ccc(C(=O)N2CCOCC2)c(C)c1. The summed E-state index contributed by atoms with van der Waals surface area (Å²) in [7, 11) is 0. The van der Waals surface area contributed by atoms with E-state index in [9.17, 15) is 4.79 Å². The Kier molecular flexibility index (Phi) is 5.86. The number of rotatable bonds is 1. The second-order valence-corrected chi connectivity index (χ2v) is 4.22. The van der Waals surface area contributed by atoms with E-state index in [1.54, 1.807) is 0 Å². The zero-order chi connectivity index (χ0) is 13.5. The Morgan fingerprint density at radius 2 is 1.78 bits per heavy atom. The van der Waals surface area contributed by atoms with E-state index >= 15 is 0 Å². The lowest BCUT2D eigenvalue weighted by Gasteiger charge is -2.27. The van der Waals surface area contributed by atoms with Crippen LogP contribution < -0.4 is 0 Å². The van der Waals surface area contributed by atoms with Crippen LogP contribution in [0, 0.1) is 13.8 Å². The van der Waals surface area contributed by atoms with Gasteiger partial charge >= 0.3 is 0 Å². The van der Waals surface area contributed by atoms with Gasteiger partial charge in [-0.2, -0.15) is 0 Å². The van der Waals surface area contributed by atoms with Gasteiger partial charge in [-0.1, -0.05) is 31.5 Å². The summed E-state index contributed by atoms with van der Waals surface area (Å²) in [5.41, 5.74) is 3.06. The topological polar surface area (TPSA) is 29.5 Å².